The molecule has 3 N–H and O–H groups in total. The molecule has 4 nitrogen and oxygen atoms in total. The Balaban J connectivity index is 0.00000225. The van der Waals surface area contributed by atoms with Gasteiger partial charge in [0.15, 0.2) is 0 Å². The van der Waals surface area contributed by atoms with Crippen molar-refractivity contribution in [3.05, 3.63) is 15.9 Å². The first-order chi connectivity index (χ1) is 6.72. The minimum Gasteiger partial charge on any atom is -0.324 e. The average molecular weight is 350 g/mol. The molecule has 0 spiro atoms. The first-order valence-corrected chi connectivity index (χ1v) is 7.39. The Morgan fingerprint density at radius 2 is 2.12 bits per heavy atom. The van der Waals surface area contributed by atoms with E-state index in [2.05, 4.69) is 20.7 Å². The number of nitrogens with one attached hydrogen (secondary N) is 1. The van der Waals surface area contributed by atoms with Crippen molar-refractivity contribution in [2.24, 2.45) is 5.73 Å². The summed E-state index contributed by atoms with van der Waals surface area (Å²) in [5, 5.41) is 1.71. The molecule has 0 atom stereocenters. The summed E-state index contributed by atoms with van der Waals surface area (Å²) in [4.78, 5) is 0. The van der Waals surface area contributed by atoms with E-state index in [1.54, 1.807) is 25.3 Å². The highest BCUT2D eigenvalue weighted by atomic mass is 79.9. The maximum Gasteiger partial charge on any atom is 0.251 e. The Hall–Kier alpha value is 0.340. The van der Waals surface area contributed by atoms with E-state index in [4.69, 9.17) is 5.73 Å². The van der Waals surface area contributed by atoms with Crippen LogP contribution in [0.25, 0.3) is 0 Å². The predicted molar refractivity (Wildman–Crippen MR) is 72.7 cm³/mol. The zero-order valence-electron chi connectivity index (χ0n) is 8.86. The Morgan fingerprint density at radius 1 is 1.56 bits per heavy atom. The van der Waals surface area contributed by atoms with Gasteiger partial charge < -0.3 is 5.73 Å². The van der Waals surface area contributed by atoms with E-state index >= 15 is 0 Å². The molecule has 0 fully saturated rings. The number of halogens is 2. The lowest BCUT2D eigenvalue weighted by molar-refractivity contribution is 0.498. The van der Waals surface area contributed by atoms with Gasteiger partial charge in [0.25, 0.3) is 10.0 Å². The van der Waals surface area contributed by atoms with Crippen LogP contribution in [-0.2, 0) is 10.0 Å². The summed E-state index contributed by atoms with van der Waals surface area (Å²) in [5.74, 6) is 0. The van der Waals surface area contributed by atoms with Crippen molar-refractivity contribution in [1.82, 2.24) is 4.72 Å². The molecule has 0 amide bonds. The Kier molecular flexibility index (Phi) is 5.91. The second-order valence-electron chi connectivity index (χ2n) is 3.87. The van der Waals surface area contributed by atoms with Gasteiger partial charge in [-0.2, -0.15) is 0 Å². The molecule has 0 aliphatic carbocycles. The van der Waals surface area contributed by atoms with Gasteiger partial charge in [0.2, 0.25) is 0 Å². The fraction of sp³-hybridized carbons (Fsp3) is 0.500. The Morgan fingerprint density at radius 3 is 2.50 bits per heavy atom. The van der Waals surface area contributed by atoms with E-state index in [9.17, 15) is 8.42 Å². The van der Waals surface area contributed by atoms with E-state index in [0.29, 0.717) is 4.47 Å². The molecule has 0 aliphatic rings. The molecule has 16 heavy (non-hydrogen) atoms. The fourth-order valence-electron chi connectivity index (χ4n) is 0.818. The average Bonchev–Trinajstić information content (AvgIpc) is 2.47. The number of hydrogen-bond donors (Lipinski definition) is 2. The number of sulfonamides is 1. The van der Waals surface area contributed by atoms with Crippen LogP contribution in [0.1, 0.15) is 13.8 Å². The van der Waals surface area contributed by atoms with Gasteiger partial charge in [0.05, 0.1) is 0 Å². The van der Waals surface area contributed by atoms with E-state index in [-0.39, 0.29) is 23.2 Å². The van der Waals surface area contributed by atoms with Crippen LogP contribution >= 0.6 is 39.7 Å². The lowest BCUT2D eigenvalue weighted by Crippen LogP contribution is -2.44. The third kappa shape index (κ3) is 4.68. The molecular weight excluding hydrogens is 336 g/mol. The number of hydrogen-bond acceptors (Lipinski definition) is 4. The van der Waals surface area contributed by atoms with Gasteiger partial charge >= 0.3 is 0 Å². The van der Waals surface area contributed by atoms with Gasteiger partial charge in [-0.25, -0.2) is 13.1 Å². The van der Waals surface area contributed by atoms with Crippen molar-refractivity contribution in [3.63, 3.8) is 0 Å². The van der Waals surface area contributed by atoms with E-state index in [1.165, 1.54) is 11.3 Å². The SMILES string of the molecule is CC(C)(N)CNS(=O)(=O)c1sccc1Br.Cl. The lowest BCUT2D eigenvalue weighted by atomic mass is 10.1. The number of rotatable bonds is 4. The molecule has 1 aromatic rings. The minimum absolute atomic E-state index is 0. The quantitative estimate of drug-likeness (QED) is 0.872. The first-order valence-electron chi connectivity index (χ1n) is 4.24. The number of thiophene rings is 1. The molecule has 1 heterocycles. The van der Waals surface area contributed by atoms with E-state index in [0.717, 1.165) is 0 Å². The van der Waals surface area contributed by atoms with E-state index in [1.807, 2.05) is 0 Å². The molecule has 0 aromatic carbocycles. The van der Waals surface area contributed by atoms with Crippen LogP contribution in [0, 0.1) is 0 Å². The van der Waals surface area contributed by atoms with Gasteiger partial charge in [0, 0.05) is 16.6 Å². The molecule has 1 aromatic heterocycles. The summed E-state index contributed by atoms with van der Waals surface area (Å²) in [6, 6.07) is 1.70. The maximum absolute atomic E-state index is 11.8. The van der Waals surface area contributed by atoms with Crippen LogP contribution in [0.4, 0.5) is 0 Å². The molecule has 0 saturated carbocycles. The van der Waals surface area contributed by atoms with Crippen LogP contribution < -0.4 is 10.5 Å². The molecule has 0 unspecified atom stereocenters. The molecule has 0 bridgehead atoms. The van der Waals surface area contributed by atoms with Gasteiger partial charge in [-0.3, -0.25) is 0 Å². The molecule has 1 rings (SSSR count). The van der Waals surface area contributed by atoms with Gasteiger partial charge in [-0.05, 0) is 41.2 Å². The topological polar surface area (TPSA) is 72.2 Å². The third-order valence-corrected chi connectivity index (χ3v) is 5.62. The molecule has 0 aliphatic heterocycles. The Labute approximate surface area is 114 Å². The summed E-state index contributed by atoms with van der Waals surface area (Å²) in [7, 11) is -3.44. The standard InChI is InChI=1S/C8H13BrN2O2S2.ClH/c1-8(2,10)5-11-15(12,13)7-6(9)3-4-14-7;/h3-4,11H,5,10H2,1-2H3;1H. The fourth-order valence-corrected chi connectivity index (χ4v) is 4.42. The minimum atomic E-state index is -3.44. The van der Waals surface area contributed by atoms with Crippen molar-refractivity contribution in [3.8, 4) is 0 Å². The largest absolute Gasteiger partial charge is 0.324 e. The smallest absolute Gasteiger partial charge is 0.251 e. The zero-order chi connectivity index (χ0) is 11.7. The second-order valence-corrected chi connectivity index (χ2v) is 7.60. The highest BCUT2D eigenvalue weighted by Crippen LogP contribution is 2.27. The zero-order valence-corrected chi connectivity index (χ0v) is 12.9. The summed E-state index contributed by atoms with van der Waals surface area (Å²) in [5.41, 5.74) is 5.14. The van der Waals surface area contributed by atoms with E-state index < -0.39 is 15.6 Å². The van der Waals surface area contributed by atoms with Crippen molar-refractivity contribution in [1.29, 1.82) is 0 Å². The Bertz CT molecular complexity index is 439. The molecular formula is C8H14BrClN2O2S2. The lowest BCUT2D eigenvalue weighted by Gasteiger charge is -2.18. The highest BCUT2D eigenvalue weighted by molar-refractivity contribution is 9.10. The van der Waals surface area contributed by atoms with Crippen molar-refractivity contribution in [2.75, 3.05) is 6.54 Å². The van der Waals surface area contributed by atoms with Gasteiger partial charge in [-0.15, -0.1) is 23.7 Å². The van der Waals surface area contributed by atoms with Crippen LogP contribution in [0.5, 0.6) is 0 Å². The summed E-state index contributed by atoms with van der Waals surface area (Å²) in [6.45, 7) is 3.73. The summed E-state index contributed by atoms with van der Waals surface area (Å²) >= 11 is 4.35. The van der Waals surface area contributed by atoms with Crippen molar-refractivity contribution in [2.45, 2.75) is 23.6 Å². The number of nitrogens with two attached hydrogens (primary N) is 1. The van der Waals surface area contributed by atoms with Crippen molar-refractivity contribution >= 4 is 49.7 Å². The van der Waals surface area contributed by atoms with Gasteiger partial charge in [-0.1, -0.05) is 0 Å². The van der Waals surface area contributed by atoms with Crippen LogP contribution in [0.3, 0.4) is 0 Å². The first kappa shape index (κ1) is 16.3. The van der Waals surface area contributed by atoms with Crippen molar-refractivity contribution < 1.29 is 8.42 Å². The maximum atomic E-state index is 11.8. The van der Waals surface area contributed by atoms with Crippen LogP contribution in [0.2, 0.25) is 0 Å². The van der Waals surface area contributed by atoms with Crippen LogP contribution in [-0.4, -0.2) is 20.5 Å². The molecule has 0 radical (unpaired) electrons. The summed E-state index contributed by atoms with van der Waals surface area (Å²) < 4.78 is 26.9. The third-order valence-electron chi connectivity index (χ3n) is 1.55. The van der Waals surface area contributed by atoms with Crippen LogP contribution in [0.15, 0.2) is 20.1 Å². The second kappa shape index (κ2) is 5.79. The van der Waals surface area contributed by atoms with Gasteiger partial charge in [0.1, 0.15) is 4.21 Å². The highest BCUT2D eigenvalue weighted by Gasteiger charge is 2.21. The summed E-state index contributed by atoms with van der Waals surface area (Å²) in [6.07, 6.45) is 0. The molecule has 94 valence electrons. The monoisotopic (exact) mass is 348 g/mol. The normalized spacial score (nSPS) is 12.2. The predicted octanol–water partition coefficient (Wildman–Crippen LogP) is 1.95. The molecule has 8 heteroatoms. The molecule has 0 saturated heterocycles.